The van der Waals surface area contributed by atoms with Crippen LogP contribution in [0, 0.1) is 0 Å². The molecule has 0 atom stereocenters. The summed E-state index contributed by atoms with van der Waals surface area (Å²) in [4.78, 5) is 38.5. The van der Waals surface area contributed by atoms with E-state index in [1.807, 2.05) is 14.1 Å². The number of esters is 1. The number of anilines is 1. The molecule has 0 spiro atoms. The minimum atomic E-state index is -0.530. The van der Waals surface area contributed by atoms with Gasteiger partial charge in [-0.25, -0.2) is 4.79 Å². The van der Waals surface area contributed by atoms with E-state index in [-0.39, 0.29) is 17.4 Å². The van der Waals surface area contributed by atoms with Gasteiger partial charge in [-0.15, -0.1) is 0 Å². The van der Waals surface area contributed by atoms with E-state index in [0.29, 0.717) is 23.4 Å². The molecule has 0 aromatic heterocycles. The van der Waals surface area contributed by atoms with Crippen LogP contribution in [0.5, 0.6) is 0 Å². The number of amides is 2. The Morgan fingerprint density at radius 3 is 2.14 bits per heavy atom. The van der Waals surface area contributed by atoms with Gasteiger partial charge >= 0.3 is 5.97 Å². The maximum atomic E-state index is 12.5. The molecule has 0 saturated heterocycles. The lowest BCUT2D eigenvalue weighted by Gasteiger charge is -2.11. The maximum Gasteiger partial charge on any atom is 0.339 e. The summed E-state index contributed by atoms with van der Waals surface area (Å²) in [5.41, 5.74) is 1.49. The zero-order chi connectivity index (χ0) is 20.5. The third kappa shape index (κ3) is 5.92. The summed E-state index contributed by atoms with van der Waals surface area (Å²) >= 11 is 0. The normalized spacial score (nSPS) is 10.4. The molecule has 2 N–H and O–H groups in total. The lowest BCUT2D eigenvalue weighted by molar-refractivity contribution is 0.0601. The molecule has 2 rings (SSSR count). The van der Waals surface area contributed by atoms with Crippen LogP contribution < -0.4 is 10.6 Å². The fourth-order valence-electron chi connectivity index (χ4n) is 2.55. The number of carbonyl (C=O) groups is 3. The second-order valence-corrected chi connectivity index (χ2v) is 6.48. The average Bonchev–Trinajstić information content (AvgIpc) is 2.70. The highest BCUT2D eigenvalue weighted by atomic mass is 16.5. The largest absolute Gasteiger partial charge is 0.465 e. The van der Waals surface area contributed by atoms with E-state index in [0.717, 1.165) is 13.0 Å². The highest BCUT2D eigenvalue weighted by Crippen LogP contribution is 2.17. The monoisotopic (exact) mass is 383 g/mol. The predicted molar refractivity (Wildman–Crippen MR) is 108 cm³/mol. The molecule has 2 amide bonds. The van der Waals surface area contributed by atoms with Gasteiger partial charge in [0.1, 0.15) is 0 Å². The summed E-state index contributed by atoms with van der Waals surface area (Å²) < 4.78 is 4.72. The van der Waals surface area contributed by atoms with Gasteiger partial charge in [-0.1, -0.05) is 12.1 Å². The first-order valence-electron chi connectivity index (χ1n) is 8.94. The van der Waals surface area contributed by atoms with Gasteiger partial charge in [0, 0.05) is 17.7 Å². The fraction of sp³-hybridized carbons (Fsp3) is 0.286. The van der Waals surface area contributed by atoms with Gasteiger partial charge in [-0.3, -0.25) is 9.59 Å². The zero-order valence-electron chi connectivity index (χ0n) is 16.3. The van der Waals surface area contributed by atoms with Crippen molar-refractivity contribution in [1.82, 2.24) is 10.2 Å². The number of hydrogen-bond donors (Lipinski definition) is 2. The molecule has 0 fully saturated rings. The molecular formula is C21H25N3O4. The Balaban J connectivity index is 1.99. The molecular weight excluding hydrogens is 358 g/mol. The maximum absolute atomic E-state index is 12.5. The van der Waals surface area contributed by atoms with Gasteiger partial charge in [0.15, 0.2) is 0 Å². The Labute approximate surface area is 164 Å². The molecule has 0 radical (unpaired) electrons. The summed E-state index contributed by atoms with van der Waals surface area (Å²) in [6, 6.07) is 12.9. The molecule has 28 heavy (non-hydrogen) atoms. The summed E-state index contributed by atoms with van der Waals surface area (Å²) in [7, 11) is 5.25. The van der Waals surface area contributed by atoms with Gasteiger partial charge in [0.05, 0.1) is 18.4 Å². The number of rotatable bonds is 8. The van der Waals surface area contributed by atoms with Gasteiger partial charge in [-0.05, 0) is 63.5 Å². The Hall–Kier alpha value is -3.19. The van der Waals surface area contributed by atoms with Crippen LogP contribution in [0.4, 0.5) is 5.69 Å². The molecule has 0 unspecified atom stereocenters. The van der Waals surface area contributed by atoms with Crippen molar-refractivity contribution in [2.24, 2.45) is 0 Å². The first-order valence-corrected chi connectivity index (χ1v) is 8.94. The minimum absolute atomic E-state index is 0.179. The number of para-hydroxylation sites is 1. The highest BCUT2D eigenvalue weighted by Gasteiger charge is 2.14. The third-order valence-electron chi connectivity index (χ3n) is 4.06. The molecule has 0 aliphatic heterocycles. The SMILES string of the molecule is COC(=O)c1ccccc1NC(=O)c1ccc(C(=O)NCCCN(C)C)cc1. The van der Waals surface area contributed by atoms with Crippen molar-refractivity contribution in [2.45, 2.75) is 6.42 Å². The van der Waals surface area contributed by atoms with Crippen molar-refractivity contribution < 1.29 is 19.1 Å². The van der Waals surface area contributed by atoms with Crippen LogP contribution in [0.1, 0.15) is 37.5 Å². The van der Waals surface area contributed by atoms with Gasteiger partial charge in [-0.2, -0.15) is 0 Å². The average molecular weight is 383 g/mol. The molecule has 0 aliphatic carbocycles. The first-order chi connectivity index (χ1) is 13.4. The Bertz CT molecular complexity index is 832. The molecule has 2 aromatic rings. The van der Waals surface area contributed by atoms with Crippen molar-refractivity contribution >= 4 is 23.5 Å². The van der Waals surface area contributed by atoms with E-state index >= 15 is 0 Å². The Morgan fingerprint density at radius 1 is 0.929 bits per heavy atom. The Kier molecular flexibility index (Phi) is 7.71. The van der Waals surface area contributed by atoms with Crippen LogP contribution >= 0.6 is 0 Å². The van der Waals surface area contributed by atoms with Crippen LogP contribution in [-0.2, 0) is 4.74 Å². The minimum Gasteiger partial charge on any atom is -0.465 e. The standard InChI is InChI=1S/C21H25N3O4/c1-24(2)14-6-13-22-19(25)15-9-11-16(12-10-15)20(26)23-18-8-5-4-7-17(18)21(27)28-3/h4-5,7-12H,6,13-14H2,1-3H3,(H,22,25)(H,23,26). The molecule has 7 nitrogen and oxygen atoms in total. The van der Waals surface area contributed by atoms with Crippen molar-refractivity contribution in [3.63, 3.8) is 0 Å². The summed E-state index contributed by atoms with van der Waals surface area (Å²) in [6.45, 7) is 1.48. The van der Waals surface area contributed by atoms with E-state index in [4.69, 9.17) is 4.74 Å². The van der Waals surface area contributed by atoms with Crippen LogP contribution in [-0.4, -0.2) is 57.0 Å². The van der Waals surface area contributed by atoms with Crippen LogP contribution in [0.25, 0.3) is 0 Å². The second kappa shape index (κ2) is 10.2. The highest BCUT2D eigenvalue weighted by molar-refractivity contribution is 6.08. The molecule has 0 aliphatic rings. The van der Waals surface area contributed by atoms with Crippen molar-refractivity contribution in [3.05, 3.63) is 65.2 Å². The van der Waals surface area contributed by atoms with E-state index < -0.39 is 5.97 Å². The molecule has 2 aromatic carbocycles. The lowest BCUT2D eigenvalue weighted by Crippen LogP contribution is -2.27. The predicted octanol–water partition coefficient (Wildman–Crippen LogP) is 2.41. The number of benzene rings is 2. The fourth-order valence-corrected chi connectivity index (χ4v) is 2.55. The Morgan fingerprint density at radius 2 is 1.54 bits per heavy atom. The molecule has 0 heterocycles. The zero-order valence-corrected chi connectivity index (χ0v) is 16.3. The number of ether oxygens (including phenoxy) is 1. The van der Waals surface area contributed by atoms with Crippen LogP contribution in [0.15, 0.2) is 48.5 Å². The third-order valence-corrected chi connectivity index (χ3v) is 4.06. The quantitative estimate of drug-likeness (QED) is 0.540. The van der Waals surface area contributed by atoms with Gasteiger partial charge in [0.25, 0.3) is 11.8 Å². The summed E-state index contributed by atoms with van der Waals surface area (Å²) in [6.07, 6.45) is 0.860. The number of hydrogen-bond acceptors (Lipinski definition) is 5. The smallest absolute Gasteiger partial charge is 0.339 e. The summed E-state index contributed by atoms with van der Waals surface area (Å²) in [5, 5.41) is 5.55. The molecule has 148 valence electrons. The number of nitrogens with zero attached hydrogens (tertiary/aromatic N) is 1. The molecule has 7 heteroatoms. The number of carbonyl (C=O) groups excluding carboxylic acids is 3. The summed E-state index contributed by atoms with van der Waals surface area (Å²) in [5.74, 6) is -1.09. The van der Waals surface area contributed by atoms with E-state index in [1.165, 1.54) is 7.11 Å². The van der Waals surface area contributed by atoms with Crippen molar-refractivity contribution in [3.8, 4) is 0 Å². The lowest BCUT2D eigenvalue weighted by atomic mass is 10.1. The van der Waals surface area contributed by atoms with E-state index in [2.05, 4.69) is 15.5 Å². The van der Waals surface area contributed by atoms with Crippen molar-refractivity contribution in [2.75, 3.05) is 39.6 Å². The molecule has 0 bridgehead atoms. The van der Waals surface area contributed by atoms with E-state index in [1.54, 1.807) is 48.5 Å². The van der Waals surface area contributed by atoms with E-state index in [9.17, 15) is 14.4 Å². The van der Waals surface area contributed by atoms with Crippen LogP contribution in [0.2, 0.25) is 0 Å². The topological polar surface area (TPSA) is 87.7 Å². The molecule has 0 saturated carbocycles. The second-order valence-electron chi connectivity index (χ2n) is 6.48. The number of nitrogens with one attached hydrogen (secondary N) is 2. The van der Waals surface area contributed by atoms with Gasteiger partial charge in [0.2, 0.25) is 0 Å². The first kappa shape index (κ1) is 21.1. The van der Waals surface area contributed by atoms with Crippen molar-refractivity contribution in [1.29, 1.82) is 0 Å². The van der Waals surface area contributed by atoms with Gasteiger partial charge < -0.3 is 20.3 Å². The number of methoxy groups -OCH3 is 1. The van der Waals surface area contributed by atoms with Crippen LogP contribution in [0.3, 0.4) is 0 Å².